The smallest absolute Gasteiger partial charge is 0.155 e. The van der Waals surface area contributed by atoms with E-state index >= 15 is 0 Å². The lowest BCUT2D eigenvalue weighted by atomic mass is 10.2. The van der Waals surface area contributed by atoms with Gasteiger partial charge in [0, 0.05) is 15.1 Å². The highest BCUT2D eigenvalue weighted by atomic mass is 79.9. The third-order valence-corrected chi connectivity index (χ3v) is 4.73. The largest absolute Gasteiger partial charge is 0.378 e. The van der Waals surface area contributed by atoms with Crippen LogP contribution in [0.2, 0.25) is 0 Å². The van der Waals surface area contributed by atoms with Crippen LogP contribution in [0.4, 0.5) is 5.69 Å². The lowest BCUT2D eigenvalue weighted by molar-refractivity contribution is 0.981. The molecule has 1 aromatic carbocycles. The number of nitrogens with zero attached hydrogens (tertiary/aromatic N) is 3. The van der Waals surface area contributed by atoms with Gasteiger partial charge in [0.15, 0.2) is 5.65 Å². The van der Waals surface area contributed by atoms with Crippen LogP contribution < -0.4 is 5.32 Å². The zero-order valence-corrected chi connectivity index (χ0v) is 15.8. The van der Waals surface area contributed by atoms with Crippen LogP contribution in [0.5, 0.6) is 0 Å². The summed E-state index contributed by atoms with van der Waals surface area (Å²) in [6, 6.07) is 4.17. The highest BCUT2D eigenvalue weighted by Gasteiger charge is 2.08. The van der Waals surface area contributed by atoms with Crippen LogP contribution in [-0.2, 0) is 6.54 Å². The molecule has 0 fully saturated rings. The highest BCUT2D eigenvalue weighted by molar-refractivity contribution is 9.11. The summed E-state index contributed by atoms with van der Waals surface area (Å²) in [4.78, 5) is 8.52. The van der Waals surface area contributed by atoms with Gasteiger partial charge >= 0.3 is 0 Å². The van der Waals surface area contributed by atoms with E-state index in [-0.39, 0.29) is 0 Å². The topological polar surface area (TPSA) is 42.2 Å². The van der Waals surface area contributed by atoms with E-state index in [2.05, 4.69) is 82.1 Å². The maximum atomic E-state index is 4.35. The summed E-state index contributed by atoms with van der Waals surface area (Å²) in [5.74, 6) is 0. The van der Waals surface area contributed by atoms with Gasteiger partial charge in [-0.2, -0.15) is 0 Å². The summed E-state index contributed by atoms with van der Waals surface area (Å²) in [5, 5.41) is 3.43. The number of imidazole rings is 1. The molecule has 3 rings (SSSR count). The summed E-state index contributed by atoms with van der Waals surface area (Å²) in [7, 11) is 0. The molecule has 0 bridgehead atoms. The first-order chi connectivity index (χ1) is 10.0. The van der Waals surface area contributed by atoms with E-state index < -0.39 is 0 Å². The monoisotopic (exact) mass is 472 g/mol. The number of halogens is 3. The lowest BCUT2D eigenvalue weighted by Crippen LogP contribution is -2.04. The van der Waals surface area contributed by atoms with Crippen LogP contribution in [0, 0.1) is 6.92 Å². The van der Waals surface area contributed by atoms with Crippen molar-refractivity contribution in [2.75, 3.05) is 5.32 Å². The van der Waals surface area contributed by atoms with Crippen molar-refractivity contribution >= 4 is 59.1 Å². The predicted molar refractivity (Wildman–Crippen MR) is 94.6 cm³/mol. The molecule has 21 heavy (non-hydrogen) atoms. The van der Waals surface area contributed by atoms with E-state index in [0.717, 1.165) is 30.6 Å². The summed E-state index contributed by atoms with van der Waals surface area (Å²) in [5.41, 5.74) is 4.12. The molecule has 0 aliphatic heterocycles. The third kappa shape index (κ3) is 3.14. The minimum absolute atomic E-state index is 0.665. The molecule has 0 saturated heterocycles. The molecule has 4 nitrogen and oxygen atoms in total. The molecule has 1 N–H and O–H groups in total. The minimum Gasteiger partial charge on any atom is -0.378 e. The second-order valence-corrected chi connectivity index (χ2v) is 7.17. The number of benzene rings is 1. The Bertz CT molecular complexity index is 790. The second kappa shape index (κ2) is 6.06. The number of rotatable bonds is 3. The normalized spacial score (nSPS) is 11.0. The molecule has 0 atom stereocenters. The summed E-state index contributed by atoms with van der Waals surface area (Å²) >= 11 is 10.6. The van der Waals surface area contributed by atoms with Crippen molar-refractivity contribution in [2.45, 2.75) is 13.5 Å². The first-order valence-corrected chi connectivity index (χ1v) is 8.59. The summed E-state index contributed by atoms with van der Waals surface area (Å²) in [6.07, 6.45) is 5.51. The van der Waals surface area contributed by atoms with E-state index in [0.29, 0.717) is 6.54 Å². The molecule has 0 unspecified atom stereocenters. The van der Waals surface area contributed by atoms with Crippen LogP contribution in [-0.4, -0.2) is 14.4 Å². The van der Waals surface area contributed by atoms with Crippen molar-refractivity contribution in [3.05, 3.63) is 55.5 Å². The van der Waals surface area contributed by atoms with Crippen molar-refractivity contribution in [2.24, 2.45) is 0 Å². The molecule has 0 radical (unpaired) electrons. The molecule has 2 heterocycles. The van der Waals surface area contributed by atoms with Crippen LogP contribution in [0.15, 0.2) is 44.3 Å². The van der Waals surface area contributed by atoms with Crippen molar-refractivity contribution in [1.82, 2.24) is 14.4 Å². The molecule has 0 aliphatic rings. The van der Waals surface area contributed by atoms with Crippen molar-refractivity contribution in [1.29, 1.82) is 0 Å². The molecule has 0 spiro atoms. The van der Waals surface area contributed by atoms with E-state index in [1.54, 1.807) is 6.20 Å². The van der Waals surface area contributed by atoms with E-state index in [1.165, 1.54) is 5.56 Å². The molecular formula is C14H11Br3N4. The van der Waals surface area contributed by atoms with Gasteiger partial charge in [0.2, 0.25) is 0 Å². The van der Waals surface area contributed by atoms with Gasteiger partial charge in [-0.15, -0.1) is 0 Å². The molecule has 0 amide bonds. The maximum absolute atomic E-state index is 4.35. The van der Waals surface area contributed by atoms with Crippen LogP contribution in [0.25, 0.3) is 5.65 Å². The van der Waals surface area contributed by atoms with Gasteiger partial charge in [0.1, 0.15) is 4.60 Å². The number of hydrogen-bond donors (Lipinski definition) is 1. The lowest BCUT2D eigenvalue weighted by Gasteiger charge is -2.11. The third-order valence-electron chi connectivity index (χ3n) is 3.07. The molecule has 2 aromatic heterocycles. The Morgan fingerprint density at radius 3 is 2.52 bits per heavy atom. The van der Waals surface area contributed by atoms with Crippen molar-refractivity contribution in [3.63, 3.8) is 0 Å². The van der Waals surface area contributed by atoms with E-state index in [1.807, 2.05) is 16.8 Å². The van der Waals surface area contributed by atoms with Crippen LogP contribution >= 0.6 is 47.8 Å². The van der Waals surface area contributed by atoms with Gasteiger partial charge in [-0.1, -0.05) is 0 Å². The Labute approximate surface area is 147 Å². The minimum atomic E-state index is 0.665. The molecule has 0 saturated carbocycles. The van der Waals surface area contributed by atoms with Gasteiger partial charge in [0.05, 0.1) is 30.3 Å². The fourth-order valence-corrected chi connectivity index (χ4v) is 4.10. The molecule has 108 valence electrons. The average Bonchev–Trinajstić information content (AvgIpc) is 2.80. The van der Waals surface area contributed by atoms with Gasteiger partial charge in [-0.25, -0.2) is 9.97 Å². The molecule has 7 heteroatoms. The second-order valence-electron chi connectivity index (χ2n) is 4.64. The Morgan fingerprint density at radius 1 is 1.10 bits per heavy atom. The summed E-state index contributed by atoms with van der Waals surface area (Å²) < 4.78 is 4.86. The number of aryl methyl sites for hydroxylation is 1. The summed E-state index contributed by atoms with van der Waals surface area (Å²) in [6.45, 7) is 2.73. The quantitative estimate of drug-likeness (QED) is 0.584. The maximum Gasteiger partial charge on any atom is 0.155 e. The number of anilines is 1. The van der Waals surface area contributed by atoms with E-state index in [4.69, 9.17) is 0 Å². The fourth-order valence-electron chi connectivity index (χ4n) is 2.09. The Balaban J connectivity index is 1.89. The van der Waals surface area contributed by atoms with Crippen LogP contribution in [0.3, 0.4) is 0 Å². The zero-order valence-electron chi connectivity index (χ0n) is 11.1. The first-order valence-electron chi connectivity index (χ1n) is 6.21. The van der Waals surface area contributed by atoms with Gasteiger partial charge in [0.25, 0.3) is 0 Å². The van der Waals surface area contributed by atoms with Gasteiger partial charge in [-0.3, -0.25) is 4.40 Å². The average molecular weight is 475 g/mol. The van der Waals surface area contributed by atoms with Crippen LogP contribution in [0.1, 0.15) is 11.3 Å². The molecular weight excluding hydrogens is 464 g/mol. The van der Waals surface area contributed by atoms with Crippen molar-refractivity contribution < 1.29 is 0 Å². The molecule has 3 aromatic rings. The fraction of sp³-hybridized carbons (Fsp3) is 0.143. The number of nitrogens with one attached hydrogen (secondary N) is 1. The Morgan fingerprint density at radius 2 is 1.81 bits per heavy atom. The Hall–Kier alpha value is -0.920. The highest BCUT2D eigenvalue weighted by Crippen LogP contribution is 2.32. The number of fused-ring (bicyclic) bond motifs is 1. The molecule has 0 aliphatic carbocycles. The first kappa shape index (κ1) is 15.0. The van der Waals surface area contributed by atoms with Crippen molar-refractivity contribution in [3.8, 4) is 0 Å². The van der Waals surface area contributed by atoms with E-state index in [9.17, 15) is 0 Å². The van der Waals surface area contributed by atoms with Gasteiger partial charge in [-0.05, 0) is 72.4 Å². The standard InChI is InChI=1S/C14H11Br3N4/c1-8-2-10(15)14(11(16)3-8)20-5-9-4-19-13-6-18-12(17)7-21(9)13/h2-4,6-7,20H,5H2,1H3. The SMILES string of the molecule is Cc1cc(Br)c(NCc2cnc3cnc(Br)cn23)c(Br)c1. The Kier molecular flexibility index (Phi) is 4.33. The number of hydrogen-bond acceptors (Lipinski definition) is 3. The number of aromatic nitrogens is 3. The zero-order chi connectivity index (χ0) is 15.0. The van der Waals surface area contributed by atoms with Gasteiger partial charge < -0.3 is 5.32 Å². The predicted octanol–water partition coefficient (Wildman–Crippen LogP) is 4.94.